The lowest BCUT2D eigenvalue weighted by Crippen LogP contribution is -2.64. The van der Waals surface area contributed by atoms with Gasteiger partial charge in [-0.3, -0.25) is 14.4 Å². The van der Waals surface area contributed by atoms with Gasteiger partial charge in [-0.1, -0.05) is 12.1 Å². The lowest BCUT2D eigenvalue weighted by atomic mass is 10.1. The molecule has 0 bridgehead atoms. The molecule has 33 heavy (non-hydrogen) atoms. The van der Waals surface area contributed by atoms with Gasteiger partial charge in [-0.2, -0.15) is 22.0 Å². The summed E-state index contributed by atoms with van der Waals surface area (Å²) in [5.41, 5.74) is 0.510. The summed E-state index contributed by atoms with van der Waals surface area (Å²) in [6.07, 6.45) is -7.90. The molecule has 0 aromatic heterocycles. The van der Waals surface area contributed by atoms with Crippen molar-refractivity contribution in [1.29, 1.82) is 0 Å². The first-order valence-electron chi connectivity index (χ1n) is 9.55. The van der Waals surface area contributed by atoms with Crippen LogP contribution in [-0.4, -0.2) is 68.2 Å². The van der Waals surface area contributed by atoms with Crippen LogP contribution in [0.5, 0.6) is 0 Å². The van der Waals surface area contributed by atoms with Crippen molar-refractivity contribution in [3.63, 3.8) is 0 Å². The number of para-hydroxylation sites is 2. The van der Waals surface area contributed by atoms with Gasteiger partial charge in [-0.25, -0.2) is 4.79 Å². The van der Waals surface area contributed by atoms with E-state index in [1.807, 2.05) is 5.32 Å². The zero-order valence-corrected chi connectivity index (χ0v) is 17.7. The van der Waals surface area contributed by atoms with Crippen molar-refractivity contribution in [2.45, 2.75) is 38.0 Å². The number of anilines is 2. The monoisotopic (exact) mass is 480 g/mol. The topological polar surface area (TPSA) is 108 Å². The lowest BCUT2D eigenvalue weighted by Gasteiger charge is -2.30. The number of nitrogens with one attached hydrogen (secondary N) is 2. The molecule has 9 nitrogen and oxygen atoms in total. The van der Waals surface area contributed by atoms with E-state index in [9.17, 15) is 41.1 Å². The van der Waals surface area contributed by atoms with E-state index in [4.69, 9.17) is 0 Å². The van der Waals surface area contributed by atoms with Crippen molar-refractivity contribution in [1.82, 2.24) is 10.6 Å². The van der Waals surface area contributed by atoms with E-state index in [1.54, 1.807) is 12.1 Å². The van der Waals surface area contributed by atoms with Crippen molar-refractivity contribution in [3.8, 4) is 0 Å². The maximum absolute atomic E-state index is 14.1. The summed E-state index contributed by atoms with van der Waals surface area (Å²) in [5, 5.41) is 3.01. The number of carbonyl (C=O) groups is 4. The quantitative estimate of drug-likeness (QED) is 0.626. The van der Waals surface area contributed by atoms with Gasteiger partial charge in [0.1, 0.15) is 6.04 Å². The van der Waals surface area contributed by atoms with Crippen molar-refractivity contribution in [2.75, 3.05) is 30.0 Å². The molecule has 1 aliphatic heterocycles. The molecule has 0 aliphatic carbocycles. The Morgan fingerprint density at radius 2 is 1.73 bits per heavy atom. The Labute approximate surface area is 184 Å². The molecule has 2 rings (SSSR count). The molecule has 0 fully saturated rings. The fourth-order valence-electron chi connectivity index (χ4n) is 3.12. The second-order valence-electron chi connectivity index (χ2n) is 7.00. The number of hydrogen-bond donors (Lipinski definition) is 2. The minimum atomic E-state index is -6.21. The third kappa shape index (κ3) is 5.31. The summed E-state index contributed by atoms with van der Waals surface area (Å²) < 4.78 is 71.3. The highest BCUT2D eigenvalue weighted by molar-refractivity contribution is 6.07. The lowest BCUT2D eigenvalue weighted by molar-refractivity contribution is -0.289. The molecule has 182 valence electrons. The SMILES string of the molecule is CCOC(=O)N[C@@H](C(=O)N[C@H]1CN(C(C)=O)c2ccccc2N(C)C1=O)C(F)(F)C(F)(F)F. The van der Waals surface area contributed by atoms with Crippen LogP contribution >= 0.6 is 0 Å². The van der Waals surface area contributed by atoms with E-state index in [2.05, 4.69) is 4.74 Å². The number of hydrogen-bond acceptors (Lipinski definition) is 5. The summed E-state index contributed by atoms with van der Waals surface area (Å²) in [6, 6.07) is 0.961. The van der Waals surface area contributed by atoms with Gasteiger partial charge in [0.25, 0.3) is 5.91 Å². The predicted molar refractivity (Wildman–Crippen MR) is 105 cm³/mol. The summed E-state index contributed by atoms with van der Waals surface area (Å²) in [5.74, 6) is -9.16. The standard InChI is InChI=1S/C19H21F5N4O5/c1-4-33-17(32)26-14(18(20,21)19(22,23)24)15(30)25-11-9-28(10(2)29)13-8-6-5-7-12(13)27(3)16(11)31/h5-8,11,14H,4,9H2,1-3H3,(H,25,30)(H,26,32)/t11-,14-/m0/s1. The van der Waals surface area contributed by atoms with Crippen LogP contribution < -0.4 is 20.4 Å². The van der Waals surface area contributed by atoms with Crippen LogP contribution in [0.2, 0.25) is 0 Å². The third-order valence-electron chi connectivity index (χ3n) is 4.76. The second kappa shape index (κ2) is 9.58. The van der Waals surface area contributed by atoms with Gasteiger partial charge >= 0.3 is 18.2 Å². The maximum Gasteiger partial charge on any atom is 0.456 e. The molecule has 2 N–H and O–H groups in total. The van der Waals surface area contributed by atoms with Crippen molar-refractivity contribution in [3.05, 3.63) is 24.3 Å². The summed E-state index contributed by atoms with van der Waals surface area (Å²) >= 11 is 0. The second-order valence-corrected chi connectivity index (χ2v) is 7.00. The Morgan fingerprint density at radius 3 is 2.24 bits per heavy atom. The van der Waals surface area contributed by atoms with E-state index in [0.717, 1.165) is 16.7 Å². The first-order valence-corrected chi connectivity index (χ1v) is 9.55. The molecule has 1 heterocycles. The Kier molecular flexibility index (Phi) is 7.50. The number of fused-ring (bicyclic) bond motifs is 1. The Hall–Kier alpha value is -3.45. The number of likely N-dealkylation sites (N-methyl/N-ethyl adjacent to an activating group) is 1. The molecule has 2 atom stereocenters. The molecule has 1 aromatic carbocycles. The maximum atomic E-state index is 14.1. The Morgan fingerprint density at radius 1 is 1.15 bits per heavy atom. The molecule has 0 unspecified atom stereocenters. The smallest absolute Gasteiger partial charge is 0.450 e. The van der Waals surface area contributed by atoms with Gasteiger partial charge in [0.15, 0.2) is 6.04 Å². The minimum Gasteiger partial charge on any atom is -0.450 e. The number of rotatable bonds is 5. The largest absolute Gasteiger partial charge is 0.456 e. The number of ether oxygens (including phenoxy) is 1. The first kappa shape index (κ1) is 25.8. The van der Waals surface area contributed by atoms with Crippen LogP contribution in [0, 0.1) is 0 Å². The van der Waals surface area contributed by atoms with Crippen LogP contribution in [0.1, 0.15) is 13.8 Å². The summed E-state index contributed by atoms with van der Waals surface area (Å²) in [7, 11) is 1.28. The van der Waals surface area contributed by atoms with Gasteiger partial charge < -0.3 is 25.2 Å². The number of amides is 4. The van der Waals surface area contributed by atoms with Gasteiger partial charge in [-0.15, -0.1) is 0 Å². The average Bonchev–Trinajstić information content (AvgIpc) is 2.82. The van der Waals surface area contributed by atoms with E-state index < -0.39 is 54.5 Å². The highest BCUT2D eigenvalue weighted by Gasteiger charge is 2.65. The molecule has 0 saturated heterocycles. The minimum absolute atomic E-state index is 0.247. The fraction of sp³-hybridized carbons (Fsp3) is 0.474. The molecular formula is C19H21F5N4O5. The van der Waals surface area contributed by atoms with E-state index in [-0.39, 0.29) is 18.0 Å². The van der Waals surface area contributed by atoms with Crippen molar-refractivity contribution in [2.24, 2.45) is 0 Å². The van der Waals surface area contributed by atoms with Gasteiger partial charge in [0.2, 0.25) is 11.8 Å². The van der Waals surface area contributed by atoms with Crippen molar-refractivity contribution >= 4 is 35.2 Å². The number of alkyl carbamates (subject to hydrolysis) is 1. The fourth-order valence-corrected chi connectivity index (χ4v) is 3.12. The average molecular weight is 480 g/mol. The van der Waals surface area contributed by atoms with E-state index in [1.165, 1.54) is 31.4 Å². The molecule has 14 heteroatoms. The number of nitrogens with zero attached hydrogens (tertiary/aromatic N) is 2. The summed E-state index contributed by atoms with van der Waals surface area (Å²) in [4.78, 5) is 51.2. The number of alkyl halides is 5. The van der Waals surface area contributed by atoms with Gasteiger partial charge in [0.05, 0.1) is 24.5 Å². The molecule has 0 radical (unpaired) electrons. The van der Waals surface area contributed by atoms with E-state index >= 15 is 0 Å². The summed E-state index contributed by atoms with van der Waals surface area (Å²) in [6.45, 7) is 1.50. The third-order valence-corrected chi connectivity index (χ3v) is 4.76. The van der Waals surface area contributed by atoms with Gasteiger partial charge in [-0.05, 0) is 19.1 Å². The number of carbonyl (C=O) groups excluding carboxylic acids is 4. The molecule has 0 spiro atoms. The predicted octanol–water partition coefficient (Wildman–Crippen LogP) is 1.81. The highest BCUT2D eigenvalue weighted by Crippen LogP contribution is 2.38. The number of benzene rings is 1. The molecular weight excluding hydrogens is 459 g/mol. The normalized spacial score (nSPS) is 17.6. The Bertz CT molecular complexity index is 939. The number of halogens is 5. The van der Waals surface area contributed by atoms with Crippen LogP contribution in [0.4, 0.5) is 38.1 Å². The van der Waals surface area contributed by atoms with E-state index in [0.29, 0.717) is 0 Å². The Balaban J connectivity index is 2.40. The molecule has 1 aromatic rings. The van der Waals surface area contributed by atoms with Crippen molar-refractivity contribution < 1.29 is 45.9 Å². The van der Waals surface area contributed by atoms with Crippen LogP contribution in [0.3, 0.4) is 0 Å². The zero-order chi connectivity index (χ0) is 25.1. The molecule has 4 amide bonds. The molecule has 0 saturated carbocycles. The van der Waals surface area contributed by atoms with Crippen LogP contribution in [-0.2, 0) is 19.1 Å². The first-order chi connectivity index (χ1) is 15.2. The zero-order valence-electron chi connectivity index (χ0n) is 17.7. The van der Waals surface area contributed by atoms with Gasteiger partial charge in [0, 0.05) is 14.0 Å². The highest BCUT2D eigenvalue weighted by atomic mass is 19.4. The van der Waals surface area contributed by atoms with Crippen LogP contribution in [0.25, 0.3) is 0 Å². The van der Waals surface area contributed by atoms with Crippen LogP contribution in [0.15, 0.2) is 24.3 Å². The molecule has 1 aliphatic rings.